The zero-order valence-corrected chi connectivity index (χ0v) is 15.6. The Hall–Kier alpha value is -2.88. The van der Waals surface area contributed by atoms with Crippen LogP contribution in [0.5, 0.6) is 0 Å². The van der Waals surface area contributed by atoms with Gasteiger partial charge in [-0.1, -0.05) is 0 Å². The molecule has 0 radical (unpaired) electrons. The average molecular weight is 411 g/mol. The molecule has 1 aliphatic rings. The number of ether oxygens (including phenoxy) is 1. The van der Waals surface area contributed by atoms with Crippen molar-refractivity contribution in [3.8, 4) is 0 Å². The summed E-state index contributed by atoms with van der Waals surface area (Å²) in [7, 11) is 0. The van der Waals surface area contributed by atoms with Gasteiger partial charge >= 0.3 is 6.18 Å². The largest absolute Gasteiger partial charge is 0.438 e. The van der Waals surface area contributed by atoms with E-state index >= 15 is 0 Å². The molecule has 2 aromatic rings. The van der Waals surface area contributed by atoms with Gasteiger partial charge in [0, 0.05) is 31.0 Å². The lowest BCUT2D eigenvalue weighted by Crippen LogP contribution is -2.32. The van der Waals surface area contributed by atoms with Gasteiger partial charge in [0.1, 0.15) is 0 Å². The number of amides is 2. The number of nitrogens with one attached hydrogen (secondary N) is 2. The second-order valence-electron chi connectivity index (χ2n) is 6.78. The molecule has 0 atom stereocenters. The van der Waals surface area contributed by atoms with E-state index in [9.17, 15) is 22.8 Å². The zero-order valence-electron chi connectivity index (χ0n) is 15.6. The van der Waals surface area contributed by atoms with Crippen molar-refractivity contribution in [2.75, 3.05) is 25.1 Å². The third kappa shape index (κ3) is 5.35. The molecule has 0 aliphatic carbocycles. The van der Waals surface area contributed by atoms with Crippen molar-refractivity contribution in [3.05, 3.63) is 47.2 Å². The summed E-state index contributed by atoms with van der Waals surface area (Å²) in [6.45, 7) is 3.07. The predicted molar refractivity (Wildman–Crippen MR) is 96.5 cm³/mol. The van der Waals surface area contributed by atoms with Gasteiger partial charge in [-0.25, -0.2) is 4.98 Å². The highest BCUT2D eigenvalue weighted by Gasteiger charge is 2.32. The summed E-state index contributed by atoms with van der Waals surface area (Å²) in [5.41, 5.74) is -1.11. The van der Waals surface area contributed by atoms with Crippen LogP contribution in [0.25, 0.3) is 0 Å². The van der Waals surface area contributed by atoms with E-state index in [1.165, 1.54) is 13.0 Å². The molecule has 10 heteroatoms. The van der Waals surface area contributed by atoms with Gasteiger partial charge in [0.05, 0.1) is 11.3 Å². The van der Waals surface area contributed by atoms with E-state index in [0.717, 1.165) is 31.4 Å². The lowest BCUT2D eigenvalue weighted by Gasteiger charge is -2.22. The predicted octanol–water partition coefficient (Wildman–Crippen LogP) is 3.41. The molecular formula is C19H20F3N3O4. The summed E-state index contributed by atoms with van der Waals surface area (Å²) in [6.07, 6.45) is -2.06. The summed E-state index contributed by atoms with van der Waals surface area (Å²) >= 11 is 0. The number of carbonyl (C=O) groups is 2. The monoisotopic (exact) mass is 411 g/mol. The molecule has 0 unspecified atom stereocenters. The van der Waals surface area contributed by atoms with Crippen LogP contribution in [0, 0.1) is 12.8 Å². The van der Waals surface area contributed by atoms with E-state index in [4.69, 9.17) is 9.15 Å². The average Bonchev–Trinajstić information content (AvgIpc) is 3.12. The quantitative estimate of drug-likeness (QED) is 0.787. The number of rotatable bonds is 5. The Morgan fingerprint density at radius 2 is 1.90 bits per heavy atom. The molecule has 156 valence electrons. The highest BCUT2D eigenvalue weighted by molar-refractivity contribution is 6.04. The first kappa shape index (κ1) is 20.8. The molecule has 2 amide bonds. The number of halogens is 3. The number of hydrogen-bond donors (Lipinski definition) is 2. The van der Waals surface area contributed by atoms with Crippen LogP contribution in [0.3, 0.4) is 0 Å². The van der Waals surface area contributed by atoms with Gasteiger partial charge in [0.2, 0.25) is 5.76 Å². The fraction of sp³-hybridized carbons (Fsp3) is 0.421. The van der Waals surface area contributed by atoms with Crippen molar-refractivity contribution < 1.29 is 31.9 Å². The minimum Gasteiger partial charge on any atom is -0.438 e. The molecule has 1 aromatic carbocycles. The maximum absolute atomic E-state index is 13.3. The summed E-state index contributed by atoms with van der Waals surface area (Å²) < 4.78 is 50.0. The highest BCUT2D eigenvalue weighted by Crippen LogP contribution is 2.32. The van der Waals surface area contributed by atoms with Crippen molar-refractivity contribution in [1.82, 2.24) is 10.3 Å². The summed E-state index contributed by atoms with van der Waals surface area (Å²) in [4.78, 5) is 28.4. The number of aromatic nitrogens is 1. The van der Waals surface area contributed by atoms with Gasteiger partial charge in [-0.15, -0.1) is 0 Å². The normalized spacial score (nSPS) is 15.2. The molecule has 0 bridgehead atoms. The van der Waals surface area contributed by atoms with E-state index < -0.39 is 23.6 Å². The first-order valence-electron chi connectivity index (χ1n) is 9.03. The maximum Gasteiger partial charge on any atom is 0.416 e. The summed E-state index contributed by atoms with van der Waals surface area (Å²) in [6, 6.07) is 2.71. The third-order valence-corrected chi connectivity index (χ3v) is 4.62. The standard InChI is InChI=1S/C19H20F3N3O4/c1-11-16(29-10-24-11)18(27)25-15-7-13(6-14(8-15)19(20,21)22)17(26)23-9-12-2-4-28-5-3-12/h6-8,10,12H,2-5,9H2,1H3,(H,23,26)(H,25,27). The van der Waals surface area contributed by atoms with Crippen molar-refractivity contribution in [2.24, 2.45) is 5.92 Å². The fourth-order valence-electron chi connectivity index (χ4n) is 2.99. The Labute approximate surface area is 164 Å². The van der Waals surface area contributed by atoms with Gasteiger partial charge in [-0.2, -0.15) is 13.2 Å². The van der Waals surface area contributed by atoms with Gasteiger partial charge in [0.25, 0.3) is 11.8 Å². The van der Waals surface area contributed by atoms with Crippen LogP contribution in [-0.2, 0) is 10.9 Å². The van der Waals surface area contributed by atoms with Gasteiger partial charge < -0.3 is 19.8 Å². The Balaban J connectivity index is 1.78. The number of anilines is 1. The molecule has 1 saturated heterocycles. The lowest BCUT2D eigenvalue weighted by molar-refractivity contribution is -0.137. The van der Waals surface area contributed by atoms with Crippen LogP contribution in [0.2, 0.25) is 0 Å². The number of nitrogens with zero attached hydrogens (tertiary/aromatic N) is 1. The van der Waals surface area contributed by atoms with Crippen LogP contribution < -0.4 is 10.6 Å². The lowest BCUT2D eigenvalue weighted by atomic mass is 10.00. The number of alkyl halides is 3. The van der Waals surface area contributed by atoms with E-state index in [1.807, 2.05) is 0 Å². The fourth-order valence-corrected chi connectivity index (χ4v) is 2.99. The van der Waals surface area contributed by atoms with Crippen molar-refractivity contribution in [2.45, 2.75) is 25.9 Å². The Kier molecular flexibility index (Phi) is 6.21. The Bertz CT molecular complexity index is 889. The van der Waals surface area contributed by atoms with E-state index in [-0.39, 0.29) is 22.9 Å². The smallest absolute Gasteiger partial charge is 0.416 e. The molecule has 1 aliphatic heterocycles. The van der Waals surface area contributed by atoms with Crippen LogP contribution in [0.1, 0.15) is 45.0 Å². The Morgan fingerprint density at radius 1 is 1.17 bits per heavy atom. The number of benzene rings is 1. The summed E-state index contributed by atoms with van der Waals surface area (Å²) in [5.74, 6) is -1.30. The maximum atomic E-state index is 13.3. The number of oxazole rings is 1. The second-order valence-corrected chi connectivity index (χ2v) is 6.78. The molecule has 1 fully saturated rings. The molecule has 3 rings (SSSR count). The highest BCUT2D eigenvalue weighted by atomic mass is 19.4. The SMILES string of the molecule is Cc1ncoc1C(=O)Nc1cc(C(=O)NCC2CCOCC2)cc(C(F)(F)F)c1. The molecule has 7 nitrogen and oxygen atoms in total. The summed E-state index contributed by atoms with van der Waals surface area (Å²) in [5, 5.41) is 4.99. The number of aryl methyl sites for hydroxylation is 1. The molecular weight excluding hydrogens is 391 g/mol. The van der Waals surface area contributed by atoms with E-state index in [1.54, 1.807) is 0 Å². The van der Waals surface area contributed by atoms with Crippen molar-refractivity contribution in [1.29, 1.82) is 0 Å². The molecule has 0 spiro atoms. The van der Waals surface area contributed by atoms with Gasteiger partial charge in [-0.05, 0) is 43.9 Å². The Morgan fingerprint density at radius 3 is 2.52 bits per heavy atom. The number of hydrogen-bond acceptors (Lipinski definition) is 5. The van der Waals surface area contributed by atoms with Crippen molar-refractivity contribution >= 4 is 17.5 Å². The first-order chi connectivity index (χ1) is 13.7. The van der Waals surface area contributed by atoms with Crippen LogP contribution >= 0.6 is 0 Å². The minimum atomic E-state index is -4.68. The van der Waals surface area contributed by atoms with E-state index in [2.05, 4.69) is 15.6 Å². The molecule has 2 heterocycles. The molecule has 1 aromatic heterocycles. The number of carbonyl (C=O) groups excluding carboxylic acids is 2. The third-order valence-electron chi connectivity index (χ3n) is 4.62. The van der Waals surface area contributed by atoms with E-state index in [0.29, 0.717) is 25.5 Å². The van der Waals surface area contributed by atoms with Crippen molar-refractivity contribution in [3.63, 3.8) is 0 Å². The molecule has 29 heavy (non-hydrogen) atoms. The minimum absolute atomic E-state index is 0.118. The zero-order chi connectivity index (χ0) is 21.0. The van der Waals surface area contributed by atoms with Gasteiger partial charge in [0.15, 0.2) is 6.39 Å². The van der Waals surface area contributed by atoms with Crippen LogP contribution in [0.15, 0.2) is 29.0 Å². The van der Waals surface area contributed by atoms with Gasteiger partial charge in [-0.3, -0.25) is 9.59 Å². The molecule has 0 saturated carbocycles. The second kappa shape index (κ2) is 8.64. The first-order valence-corrected chi connectivity index (χ1v) is 9.03. The van der Waals surface area contributed by atoms with Crippen LogP contribution in [0.4, 0.5) is 18.9 Å². The molecule has 2 N–H and O–H groups in total. The van der Waals surface area contributed by atoms with Crippen LogP contribution in [-0.4, -0.2) is 36.6 Å². The topological polar surface area (TPSA) is 93.5 Å².